The van der Waals surface area contributed by atoms with Gasteiger partial charge in [-0.3, -0.25) is 9.69 Å². The van der Waals surface area contributed by atoms with Gasteiger partial charge in [0.05, 0.1) is 13.2 Å². The minimum Gasteiger partial charge on any atom is -0.379 e. The molecule has 7 heteroatoms. The van der Waals surface area contributed by atoms with Crippen LogP contribution in [0.4, 0.5) is 11.6 Å². The number of hydrogen-bond acceptors (Lipinski definition) is 6. The van der Waals surface area contributed by atoms with Gasteiger partial charge in [0.25, 0.3) is 5.91 Å². The molecule has 3 rings (SSSR count). The third kappa shape index (κ3) is 5.48. The minimum absolute atomic E-state index is 0.233. The van der Waals surface area contributed by atoms with Crippen molar-refractivity contribution in [1.29, 1.82) is 0 Å². The van der Waals surface area contributed by atoms with Gasteiger partial charge in [-0.25, -0.2) is 9.97 Å². The molecular formula is C20H27N5O2. The number of nitrogens with zero attached hydrogens (tertiary/aromatic N) is 3. The smallest absolute Gasteiger partial charge is 0.274 e. The van der Waals surface area contributed by atoms with Gasteiger partial charge in [0.2, 0.25) is 5.95 Å². The zero-order chi connectivity index (χ0) is 19.2. The predicted octanol–water partition coefficient (Wildman–Crippen LogP) is 2.40. The number of benzene rings is 1. The molecule has 7 nitrogen and oxygen atoms in total. The average Bonchev–Trinajstić information content (AvgIpc) is 2.64. The van der Waals surface area contributed by atoms with Crippen LogP contribution in [-0.2, 0) is 4.74 Å². The summed E-state index contributed by atoms with van der Waals surface area (Å²) >= 11 is 0. The fourth-order valence-electron chi connectivity index (χ4n) is 3.05. The predicted molar refractivity (Wildman–Crippen MR) is 106 cm³/mol. The maximum atomic E-state index is 12.6. The SMILES string of the molecule is Cc1ccc(NC(=O)c2cc(C)nc(NCCN3CCOCC3)n2)c(C)c1. The summed E-state index contributed by atoms with van der Waals surface area (Å²) in [4.78, 5) is 23.7. The van der Waals surface area contributed by atoms with Crippen molar-refractivity contribution in [1.82, 2.24) is 14.9 Å². The normalized spacial score (nSPS) is 14.8. The Bertz CT molecular complexity index is 803. The van der Waals surface area contributed by atoms with Crippen molar-refractivity contribution in [3.05, 3.63) is 46.8 Å². The molecule has 2 heterocycles. The van der Waals surface area contributed by atoms with Gasteiger partial charge in [-0.2, -0.15) is 0 Å². The maximum absolute atomic E-state index is 12.6. The molecule has 2 N–H and O–H groups in total. The Hall–Kier alpha value is -2.51. The lowest BCUT2D eigenvalue weighted by atomic mass is 10.1. The molecule has 0 atom stereocenters. The van der Waals surface area contributed by atoms with Gasteiger partial charge in [0, 0.05) is 37.6 Å². The van der Waals surface area contributed by atoms with Crippen molar-refractivity contribution in [3.63, 3.8) is 0 Å². The molecular weight excluding hydrogens is 342 g/mol. The first-order valence-electron chi connectivity index (χ1n) is 9.29. The zero-order valence-corrected chi connectivity index (χ0v) is 16.2. The van der Waals surface area contributed by atoms with Crippen LogP contribution in [0.15, 0.2) is 24.3 Å². The molecule has 1 fully saturated rings. The molecule has 144 valence electrons. The number of rotatable bonds is 6. The first-order chi connectivity index (χ1) is 13.0. The molecule has 0 aliphatic carbocycles. The molecule has 1 saturated heterocycles. The highest BCUT2D eigenvalue weighted by Crippen LogP contribution is 2.17. The lowest BCUT2D eigenvalue weighted by Crippen LogP contribution is -2.39. The van der Waals surface area contributed by atoms with E-state index in [-0.39, 0.29) is 5.91 Å². The quantitative estimate of drug-likeness (QED) is 0.814. The first-order valence-corrected chi connectivity index (χ1v) is 9.29. The standard InChI is InChI=1S/C20H27N5O2/c1-14-4-5-17(15(2)12-14)23-19(26)18-13-16(3)22-20(24-18)21-6-7-25-8-10-27-11-9-25/h4-5,12-13H,6-11H2,1-3H3,(H,23,26)(H,21,22,24). The lowest BCUT2D eigenvalue weighted by Gasteiger charge is -2.26. The molecule has 1 aliphatic heterocycles. The molecule has 0 spiro atoms. The van der Waals surface area contributed by atoms with E-state index in [2.05, 4.69) is 25.5 Å². The summed E-state index contributed by atoms with van der Waals surface area (Å²) in [6.07, 6.45) is 0. The van der Waals surface area contributed by atoms with Crippen molar-refractivity contribution in [2.75, 3.05) is 50.0 Å². The number of ether oxygens (including phenoxy) is 1. The molecule has 1 aromatic heterocycles. The Morgan fingerprint density at radius 3 is 2.67 bits per heavy atom. The molecule has 1 aromatic carbocycles. The molecule has 1 aliphatic rings. The van der Waals surface area contributed by atoms with Crippen LogP contribution < -0.4 is 10.6 Å². The monoisotopic (exact) mass is 369 g/mol. The highest BCUT2D eigenvalue weighted by molar-refractivity contribution is 6.03. The summed E-state index contributed by atoms with van der Waals surface area (Å²) in [7, 11) is 0. The fourth-order valence-corrected chi connectivity index (χ4v) is 3.05. The van der Waals surface area contributed by atoms with Crippen LogP contribution in [0.5, 0.6) is 0 Å². The third-order valence-electron chi connectivity index (χ3n) is 4.53. The van der Waals surface area contributed by atoms with E-state index in [9.17, 15) is 4.79 Å². The van der Waals surface area contributed by atoms with Gasteiger partial charge >= 0.3 is 0 Å². The summed E-state index contributed by atoms with van der Waals surface area (Å²) in [5.41, 5.74) is 4.10. The highest BCUT2D eigenvalue weighted by Gasteiger charge is 2.13. The summed E-state index contributed by atoms with van der Waals surface area (Å²) in [5, 5.41) is 6.16. The number of aromatic nitrogens is 2. The molecule has 0 unspecified atom stereocenters. The van der Waals surface area contributed by atoms with Crippen LogP contribution in [0.3, 0.4) is 0 Å². The number of aryl methyl sites for hydroxylation is 3. The summed E-state index contributed by atoms with van der Waals surface area (Å²) in [6, 6.07) is 7.63. The first kappa shape index (κ1) is 19.3. The van der Waals surface area contributed by atoms with Gasteiger partial charge in [0.15, 0.2) is 0 Å². The van der Waals surface area contributed by atoms with E-state index in [0.717, 1.165) is 61.9 Å². The van der Waals surface area contributed by atoms with E-state index in [1.165, 1.54) is 0 Å². The number of carbonyl (C=O) groups is 1. The Labute approximate surface area is 160 Å². The van der Waals surface area contributed by atoms with Crippen molar-refractivity contribution in [3.8, 4) is 0 Å². The van der Waals surface area contributed by atoms with E-state index < -0.39 is 0 Å². The number of hydrogen-bond donors (Lipinski definition) is 2. The second-order valence-corrected chi connectivity index (χ2v) is 6.87. The highest BCUT2D eigenvalue weighted by atomic mass is 16.5. The summed E-state index contributed by atoms with van der Waals surface area (Å²) in [6.45, 7) is 10.9. The van der Waals surface area contributed by atoms with Crippen LogP contribution in [0.2, 0.25) is 0 Å². The van der Waals surface area contributed by atoms with Crippen LogP contribution >= 0.6 is 0 Å². The van der Waals surface area contributed by atoms with Gasteiger partial charge in [-0.1, -0.05) is 17.7 Å². The van der Waals surface area contributed by atoms with Gasteiger partial charge in [-0.05, 0) is 38.5 Å². The lowest BCUT2D eigenvalue weighted by molar-refractivity contribution is 0.0398. The maximum Gasteiger partial charge on any atom is 0.274 e. The largest absolute Gasteiger partial charge is 0.379 e. The Morgan fingerprint density at radius 2 is 1.93 bits per heavy atom. The van der Waals surface area contributed by atoms with Crippen molar-refractivity contribution in [2.24, 2.45) is 0 Å². The number of anilines is 2. The molecule has 27 heavy (non-hydrogen) atoms. The van der Waals surface area contributed by atoms with Crippen LogP contribution in [0.25, 0.3) is 0 Å². The van der Waals surface area contributed by atoms with Crippen LogP contribution in [-0.4, -0.2) is 60.2 Å². The average molecular weight is 369 g/mol. The van der Waals surface area contributed by atoms with E-state index >= 15 is 0 Å². The topological polar surface area (TPSA) is 79.4 Å². The fraction of sp³-hybridized carbons (Fsp3) is 0.450. The van der Waals surface area contributed by atoms with Crippen molar-refractivity contribution in [2.45, 2.75) is 20.8 Å². The Balaban J connectivity index is 1.62. The van der Waals surface area contributed by atoms with Crippen molar-refractivity contribution < 1.29 is 9.53 Å². The third-order valence-corrected chi connectivity index (χ3v) is 4.53. The van der Waals surface area contributed by atoms with E-state index in [0.29, 0.717) is 11.6 Å². The minimum atomic E-state index is -0.233. The van der Waals surface area contributed by atoms with Crippen molar-refractivity contribution >= 4 is 17.5 Å². The molecule has 0 bridgehead atoms. The van der Waals surface area contributed by atoms with Gasteiger partial charge < -0.3 is 15.4 Å². The zero-order valence-electron chi connectivity index (χ0n) is 16.2. The van der Waals surface area contributed by atoms with Gasteiger partial charge in [-0.15, -0.1) is 0 Å². The van der Waals surface area contributed by atoms with E-state index in [1.54, 1.807) is 6.07 Å². The summed E-state index contributed by atoms with van der Waals surface area (Å²) < 4.78 is 5.35. The van der Waals surface area contributed by atoms with Gasteiger partial charge in [0.1, 0.15) is 5.69 Å². The van der Waals surface area contributed by atoms with Crippen LogP contribution in [0, 0.1) is 20.8 Å². The van der Waals surface area contributed by atoms with E-state index in [4.69, 9.17) is 4.74 Å². The second kappa shape index (κ2) is 8.92. The molecule has 1 amide bonds. The molecule has 2 aromatic rings. The van der Waals surface area contributed by atoms with E-state index in [1.807, 2.05) is 39.0 Å². The number of nitrogens with one attached hydrogen (secondary N) is 2. The molecule has 0 radical (unpaired) electrons. The molecule has 0 saturated carbocycles. The number of amides is 1. The summed E-state index contributed by atoms with van der Waals surface area (Å²) in [5.74, 6) is 0.248. The van der Waals surface area contributed by atoms with Crippen LogP contribution in [0.1, 0.15) is 27.3 Å². The Morgan fingerprint density at radius 1 is 1.15 bits per heavy atom. The second-order valence-electron chi connectivity index (χ2n) is 6.87. The Kier molecular flexibility index (Phi) is 6.36. The number of carbonyl (C=O) groups excluding carboxylic acids is 1. The number of morpholine rings is 1.